The van der Waals surface area contributed by atoms with Gasteiger partial charge in [-0.2, -0.15) is 5.10 Å². The standard InChI is InChI=1S/C17H16N4O2/c1-23-16-9-5-4-8-15(16)20-17(22)21-19-11-12-10-18-14-7-3-2-6-13(12)14/h2-11,18H,1H3,(H2,20,21,22)/b19-11+. The van der Waals surface area contributed by atoms with Crippen molar-refractivity contribution in [2.24, 2.45) is 5.10 Å². The molecule has 3 aromatic rings. The van der Waals surface area contributed by atoms with E-state index >= 15 is 0 Å². The quantitative estimate of drug-likeness (QED) is 0.510. The Morgan fingerprint density at radius 1 is 1.17 bits per heavy atom. The van der Waals surface area contributed by atoms with Gasteiger partial charge in [0, 0.05) is 22.7 Å². The van der Waals surface area contributed by atoms with E-state index in [1.165, 1.54) is 0 Å². The fraction of sp³-hybridized carbons (Fsp3) is 0.0588. The van der Waals surface area contributed by atoms with Gasteiger partial charge >= 0.3 is 6.03 Å². The maximum absolute atomic E-state index is 11.9. The second-order valence-electron chi connectivity index (χ2n) is 4.81. The lowest BCUT2D eigenvalue weighted by atomic mass is 10.2. The van der Waals surface area contributed by atoms with Crippen molar-refractivity contribution in [2.75, 3.05) is 12.4 Å². The summed E-state index contributed by atoms with van der Waals surface area (Å²) in [5.41, 5.74) is 4.94. The minimum Gasteiger partial charge on any atom is -0.495 e. The summed E-state index contributed by atoms with van der Waals surface area (Å²) in [6.07, 6.45) is 3.44. The van der Waals surface area contributed by atoms with Crippen LogP contribution in [0.15, 0.2) is 59.8 Å². The number of anilines is 1. The third-order valence-corrected chi connectivity index (χ3v) is 3.35. The number of benzene rings is 2. The van der Waals surface area contributed by atoms with Crippen LogP contribution in [0.1, 0.15) is 5.56 Å². The van der Waals surface area contributed by atoms with Gasteiger partial charge in [-0.25, -0.2) is 10.2 Å². The van der Waals surface area contributed by atoms with Crippen molar-refractivity contribution in [1.29, 1.82) is 0 Å². The van der Waals surface area contributed by atoms with E-state index in [4.69, 9.17) is 4.74 Å². The molecule has 0 aliphatic carbocycles. The van der Waals surface area contributed by atoms with E-state index in [1.54, 1.807) is 25.5 Å². The molecule has 3 rings (SSSR count). The molecule has 0 spiro atoms. The molecule has 0 saturated heterocycles. The third kappa shape index (κ3) is 3.32. The van der Waals surface area contributed by atoms with Crippen LogP contribution in [-0.4, -0.2) is 24.3 Å². The number of hydrogen-bond acceptors (Lipinski definition) is 3. The summed E-state index contributed by atoms with van der Waals surface area (Å²) in [5, 5.41) is 7.69. The molecule has 3 N–H and O–H groups in total. The molecule has 116 valence electrons. The molecule has 2 amide bonds. The zero-order valence-corrected chi connectivity index (χ0v) is 12.5. The Labute approximate surface area is 133 Å². The predicted molar refractivity (Wildman–Crippen MR) is 91.0 cm³/mol. The second-order valence-corrected chi connectivity index (χ2v) is 4.81. The molecule has 2 aromatic carbocycles. The molecule has 6 heteroatoms. The van der Waals surface area contributed by atoms with Gasteiger partial charge in [0.05, 0.1) is 19.0 Å². The fourth-order valence-electron chi connectivity index (χ4n) is 2.26. The molecule has 23 heavy (non-hydrogen) atoms. The molecular formula is C17H16N4O2. The predicted octanol–water partition coefficient (Wildman–Crippen LogP) is 3.33. The fourth-order valence-corrected chi connectivity index (χ4v) is 2.26. The van der Waals surface area contributed by atoms with Crippen molar-refractivity contribution in [1.82, 2.24) is 10.4 Å². The highest BCUT2D eigenvalue weighted by Crippen LogP contribution is 2.22. The van der Waals surface area contributed by atoms with E-state index in [2.05, 4.69) is 20.8 Å². The van der Waals surface area contributed by atoms with E-state index in [-0.39, 0.29) is 0 Å². The molecule has 0 fully saturated rings. The number of aromatic nitrogens is 1. The van der Waals surface area contributed by atoms with Gasteiger partial charge in [-0.05, 0) is 18.2 Å². The first kappa shape index (κ1) is 14.6. The molecule has 0 aliphatic rings. The number of hydrogen-bond donors (Lipinski definition) is 3. The van der Waals surface area contributed by atoms with Gasteiger partial charge in [0.1, 0.15) is 5.75 Å². The van der Waals surface area contributed by atoms with Crippen molar-refractivity contribution >= 4 is 28.8 Å². The number of urea groups is 1. The number of hydrazone groups is 1. The molecule has 0 unspecified atom stereocenters. The van der Waals surface area contributed by atoms with Gasteiger partial charge in [-0.1, -0.05) is 30.3 Å². The molecule has 0 aliphatic heterocycles. The number of nitrogens with one attached hydrogen (secondary N) is 3. The third-order valence-electron chi connectivity index (χ3n) is 3.35. The highest BCUT2D eigenvalue weighted by molar-refractivity contribution is 5.99. The minimum absolute atomic E-state index is 0.439. The lowest BCUT2D eigenvalue weighted by Crippen LogP contribution is -2.24. The Hall–Kier alpha value is -3.28. The van der Waals surface area contributed by atoms with E-state index in [0.29, 0.717) is 11.4 Å². The Balaban J connectivity index is 1.65. The van der Waals surface area contributed by atoms with E-state index in [0.717, 1.165) is 16.5 Å². The number of nitrogens with zero attached hydrogens (tertiary/aromatic N) is 1. The first-order valence-electron chi connectivity index (χ1n) is 7.07. The van der Waals surface area contributed by atoms with Crippen LogP contribution in [-0.2, 0) is 0 Å². The van der Waals surface area contributed by atoms with Crippen LogP contribution in [0.4, 0.5) is 10.5 Å². The van der Waals surface area contributed by atoms with E-state index in [9.17, 15) is 4.79 Å². The number of amides is 2. The number of rotatable bonds is 4. The first-order valence-corrected chi connectivity index (χ1v) is 7.07. The van der Waals surface area contributed by atoms with Crippen LogP contribution in [0.25, 0.3) is 10.9 Å². The Kier molecular flexibility index (Phi) is 4.24. The number of H-pyrrole nitrogens is 1. The number of para-hydroxylation sites is 3. The summed E-state index contributed by atoms with van der Waals surface area (Å²) in [6, 6.07) is 14.6. The van der Waals surface area contributed by atoms with Crippen LogP contribution in [0.5, 0.6) is 5.75 Å². The number of methoxy groups -OCH3 is 1. The van der Waals surface area contributed by atoms with Gasteiger partial charge in [0.2, 0.25) is 0 Å². The molecule has 0 bridgehead atoms. The lowest BCUT2D eigenvalue weighted by molar-refractivity contribution is 0.252. The van der Waals surface area contributed by atoms with Crippen molar-refractivity contribution in [3.63, 3.8) is 0 Å². The normalized spacial score (nSPS) is 10.8. The van der Waals surface area contributed by atoms with E-state index in [1.807, 2.05) is 42.6 Å². The first-order chi connectivity index (χ1) is 11.3. The van der Waals surface area contributed by atoms with Gasteiger partial charge in [-0.3, -0.25) is 0 Å². The smallest absolute Gasteiger partial charge is 0.339 e. The maximum Gasteiger partial charge on any atom is 0.339 e. The van der Waals surface area contributed by atoms with Gasteiger partial charge in [0.25, 0.3) is 0 Å². The van der Waals surface area contributed by atoms with Crippen LogP contribution in [0, 0.1) is 0 Å². The van der Waals surface area contributed by atoms with Gasteiger partial charge in [-0.15, -0.1) is 0 Å². The Morgan fingerprint density at radius 2 is 1.96 bits per heavy atom. The SMILES string of the molecule is COc1ccccc1NC(=O)N/N=C/c1c[nH]c2ccccc12. The summed E-state index contributed by atoms with van der Waals surface area (Å²) in [4.78, 5) is 15.0. The van der Waals surface area contributed by atoms with Crippen molar-refractivity contribution < 1.29 is 9.53 Å². The highest BCUT2D eigenvalue weighted by atomic mass is 16.5. The van der Waals surface area contributed by atoms with Crippen molar-refractivity contribution in [2.45, 2.75) is 0 Å². The number of ether oxygens (including phenoxy) is 1. The maximum atomic E-state index is 11.9. The molecule has 6 nitrogen and oxygen atoms in total. The van der Waals surface area contributed by atoms with Crippen molar-refractivity contribution in [3.05, 3.63) is 60.3 Å². The largest absolute Gasteiger partial charge is 0.495 e. The highest BCUT2D eigenvalue weighted by Gasteiger charge is 2.05. The zero-order valence-electron chi connectivity index (χ0n) is 12.5. The topological polar surface area (TPSA) is 78.5 Å². The Bertz CT molecular complexity index is 854. The number of carbonyl (C=O) groups is 1. The molecule has 1 heterocycles. The second kappa shape index (κ2) is 6.65. The van der Waals surface area contributed by atoms with Crippen LogP contribution in [0.3, 0.4) is 0 Å². The van der Waals surface area contributed by atoms with E-state index < -0.39 is 6.03 Å². The average Bonchev–Trinajstić information content (AvgIpc) is 2.99. The average molecular weight is 308 g/mol. The number of carbonyl (C=O) groups excluding carboxylic acids is 1. The molecule has 0 atom stereocenters. The van der Waals surface area contributed by atoms with Crippen LogP contribution < -0.4 is 15.5 Å². The Morgan fingerprint density at radius 3 is 2.83 bits per heavy atom. The monoisotopic (exact) mass is 308 g/mol. The molecule has 0 saturated carbocycles. The number of aromatic amines is 1. The van der Waals surface area contributed by atoms with Gasteiger partial charge in [0.15, 0.2) is 0 Å². The van der Waals surface area contributed by atoms with Crippen LogP contribution in [0.2, 0.25) is 0 Å². The lowest BCUT2D eigenvalue weighted by Gasteiger charge is -2.08. The summed E-state index contributed by atoms with van der Waals surface area (Å²) in [7, 11) is 1.55. The zero-order chi connectivity index (χ0) is 16.1. The summed E-state index contributed by atoms with van der Waals surface area (Å²) in [6.45, 7) is 0. The summed E-state index contributed by atoms with van der Waals surface area (Å²) < 4.78 is 5.17. The summed E-state index contributed by atoms with van der Waals surface area (Å²) >= 11 is 0. The molecule has 0 radical (unpaired) electrons. The van der Waals surface area contributed by atoms with Crippen molar-refractivity contribution in [3.8, 4) is 5.75 Å². The molecule has 1 aromatic heterocycles. The number of fused-ring (bicyclic) bond motifs is 1. The van der Waals surface area contributed by atoms with Crippen LogP contribution >= 0.6 is 0 Å². The summed E-state index contributed by atoms with van der Waals surface area (Å²) in [5.74, 6) is 0.586. The van der Waals surface area contributed by atoms with Gasteiger partial charge < -0.3 is 15.0 Å². The minimum atomic E-state index is -0.439. The molecular weight excluding hydrogens is 292 g/mol.